The van der Waals surface area contributed by atoms with Gasteiger partial charge in [0.15, 0.2) is 0 Å². The van der Waals surface area contributed by atoms with Crippen LogP contribution in [0.4, 0.5) is 0 Å². The van der Waals surface area contributed by atoms with Crippen molar-refractivity contribution in [2.24, 2.45) is 5.73 Å². The highest BCUT2D eigenvalue weighted by molar-refractivity contribution is 6.30. The molecular formula is C13H20Cl2N2O3. The summed E-state index contributed by atoms with van der Waals surface area (Å²) in [6.45, 7) is 2.42. The van der Waals surface area contributed by atoms with Crippen LogP contribution < -0.4 is 15.8 Å². The molecule has 20 heavy (non-hydrogen) atoms. The summed E-state index contributed by atoms with van der Waals surface area (Å²) in [5.74, 6) is 0.445. The topological polar surface area (TPSA) is 73.6 Å². The predicted molar refractivity (Wildman–Crippen MR) is 81.7 cm³/mol. The molecule has 0 spiro atoms. The van der Waals surface area contributed by atoms with Crippen LogP contribution in [-0.2, 0) is 9.53 Å². The van der Waals surface area contributed by atoms with E-state index in [2.05, 4.69) is 5.32 Å². The van der Waals surface area contributed by atoms with Crippen LogP contribution in [-0.4, -0.2) is 38.3 Å². The molecule has 0 saturated heterocycles. The number of nitrogens with one attached hydrogen (secondary N) is 1. The minimum atomic E-state index is -0.660. The first-order valence-electron chi connectivity index (χ1n) is 5.97. The molecular weight excluding hydrogens is 303 g/mol. The van der Waals surface area contributed by atoms with Gasteiger partial charge in [0.2, 0.25) is 5.91 Å². The molecule has 3 N–H and O–H groups in total. The van der Waals surface area contributed by atoms with Gasteiger partial charge < -0.3 is 20.5 Å². The molecule has 114 valence electrons. The summed E-state index contributed by atoms with van der Waals surface area (Å²) >= 11 is 5.78. The molecule has 2 unspecified atom stereocenters. The molecule has 0 saturated carbocycles. The Morgan fingerprint density at radius 1 is 1.40 bits per heavy atom. The molecule has 1 aromatic carbocycles. The Bertz CT molecular complexity index is 401. The van der Waals surface area contributed by atoms with Crippen molar-refractivity contribution in [2.75, 3.05) is 20.3 Å². The summed E-state index contributed by atoms with van der Waals surface area (Å²) in [6, 6.07) is 6.38. The van der Waals surface area contributed by atoms with E-state index in [4.69, 9.17) is 26.8 Å². The number of amides is 1. The fourth-order valence-electron chi connectivity index (χ4n) is 1.42. The summed E-state index contributed by atoms with van der Waals surface area (Å²) in [4.78, 5) is 11.5. The SMILES string of the molecule is COCC(N)C(=O)NCC(C)Oc1ccc(Cl)cc1.Cl. The number of hydrogen-bond acceptors (Lipinski definition) is 4. The van der Waals surface area contributed by atoms with E-state index in [1.165, 1.54) is 7.11 Å². The van der Waals surface area contributed by atoms with Crippen molar-refractivity contribution < 1.29 is 14.3 Å². The Labute approximate surface area is 130 Å². The zero-order valence-electron chi connectivity index (χ0n) is 11.5. The second kappa shape index (κ2) is 9.83. The van der Waals surface area contributed by atoms with Gasteiger partial charge in [0.1, 0.15) is 17.9 Å². The molecule has 0 bridgehead atoms. The number of benzene rings is 1. The summed E-state index contributed by atoms with van der Waals surface area (Å²) in [6.07, 6.45) is -0.167. The van der Waals surface area contributed by atoms with Crippen molar-refractivity contribution in [2.45, 2.75) is 19.1 Å². The van der Waals surface area contributed by atoms with Gasteiger partial charge in [-0.3, -0.25) is 4.79 Å². The van der Waals surface area contributed by atoms with Crippen LogP contribution in [0.15, 0.2) is 24.3 Å². The van der Waals surface area contributed by atoms with Crippen LogP contribution in [0.2, 0.25) is 5.02 Å². The molecule has 5 nitrogen and oxygen atoms in total. The molecule has 0 aliphatic rings. The lowest BCUT2D eigenvalue weighted by molar-refractivity contribution is -0.123. The number of carbonyl (C=O) groups is 1. The van der Waals surface area contributed by atoms with Crippen LogP contribution in [0.25, 0.3) is 0 Å². The van der Waals surface area contributed by atoms with E-state index in [1.54, 1.807) is 24.3 Å². The number of rotatable bonds is 7. The molecule has 2 atom stereocenters. The summed E-state index contributed by atoms with van der Waals surface area (Å²) in [5.41, 5.74) is 5.59. The Kier molecular flexibility index (Phi) is 9.33. The largest absolute Gasteiger partial charge is 0.489 e. The van der Waals surface area contributed by atoms with Gasteiger partial charge in [-0.1, -0.05) is 11.6 Å². The summed E-state index contributed by atoms with van der Waals surface area (Å²) in [7, 11) is 1.50. The van der Waals surface area contributed by atoms with Gasteiger partial charge in [0, 0.05) is 12.1 Å². The lowest BCUT2D eigenvalue weighted by atomic mass is 10.3. The minimum absolute atomic E-state index is 0. The third-order valence-electron chi connectivity index (χ3n) is 2.40. The Morgan fingerprint density at radius 3 is 2.55 bits per heavy atom. The van der Waals surface area contributed by atoms with E-state index in [1.807, 2.05) is 6.92 Å². The van der Waals surface area contributed by atoms with Gasteiger partial charge in [-0.15, -0.1) is 12.4 Å². The van der Waals surface area contributed by atoms with Crippen molar-refractivity contribution >= 4 is 29.9 Å². The summed E-state index contributed by atoms with van der Waals surface area (Å²) < 4.78 is 10.4. The summed E-state index contributed by atoms with van der Waals surface area (Å²) in [5, 5.41) is 3.36. The van der Waals surface area contributed by atoms with E-state index in [0.29, 0.717) is 17.3 Å². The lowest BCUT2D eigenvalue weighted by Gasteiger charge is -2.17. The third kappa shape index (κ3) is 6.96. The molecule has 1 aromatic rings. The normalized spacial score (nSPS) is 13.0. The van der Waals surface area contributed by atoms with Crippen molar-refractivity contribution in [1.29, 1.82) is 0 Å². The first-order valence-corrected chi connectivity index (χ1v) is 6.35. The Morgan fingerprint density at radius 2 is 2.00 bits per heavy atom. The highest BCUT2D eigenvalue weighted by Gasteiger charge is 2.14. The quantitative estimate of drug-likeness (QED) is 0.800. The molecule has 0 aliphatic carbocycles. The van der Waals surface area contributed by atoms with Crippen LogP contribution in [0, 0.1) is 0 Å². The fourth-order valence-corrected chi connectivity index (χ4v) is 1.54. The highest BCUT2D eigenvalue weighted by atomic mass is 35.5. The van der Waals surface area contributed by atoms with E-state index in [-0.39, 0.29) is 31.0 Å². The van der Waals surface area contributed by atoms with E-state index in [0.717, 1.165) is 0 Å². The molecule has 0 heterocycles. The second-order valence-electron chi connectivity index (χ2n) is 4.19. The third-order valence-corrected chi connectivity index (χ3v) is 2.65. The van der Waals surface area contributed by atoms with Crippen LogP contribution in [0.3, 0.4) is 0 Å². The van der Waals surface area contributed by atoms with Gasteiger partial charge in [0.25, 0.3) is 0 Å². The molecule has 0 fully saturated rings. The second-order valence-corrected chi connectivity index (χ2v) is 4.63. The first-order chi connectivity index (χ1) is 9.02. The number of nitrogens with two attached hydrogens (primary N) is 1. The van der Waals surface area contributed by atoms with Crippen LogP contribution >= 0.6 is 24.0 Å². The molecule has 0 aliphatic heterocycles. The number of carbonyl (C=O) groups excluding carboxylic acids is 1. The predicted octanol–water partition coefficient (Wildman–Crippen LogP) is 1.62. The molecule has 0 aromatic heterocycles. The van der Waals surface area contributed by atoms with E-state index in [9.17, 15) is 4.79 Å². The first kappa shape index (κ1) is 19.0. The Balaban J connectivity index is 0.00000361. The van der Waals surface area contributed by atoms with Gasteiger partial charge in [-0.25, -0.2) is 0 Å². The zero-order chi connectivity index (χ0) is 14.3. The molecule has 1 rings (SSSR count). The average molecular weight is 323 g/mol. The van der Waals surface area contributed by atoms with Crippen molar-refractivity contribution in [3.63, 3.8) is 0 Å². The lowest BCUT2D eigenvalue weighted by Crippen LogP contribution is -2.46. The molecule has 0 radical (unpaired) electrons. The number of ether oxygens (including phenoxy) is 2. The van der Waals surface area contributed by atoms with E-state index >= 15 is 0 Å². The monoisotopic (exact) mass is 322 g/mol. The van der Waals surface area contributed by atoms with Gasteiger partial charge >= 0.3 is 0 Å². The highest BCUT2D eigenvalue weighted by Crippen LogP contribution is 2.16. The minimum Gasteiger partial charge on any atom is -0.489 e. The van der Waals surface area contributed by atoms with Crippen molar-refractivity contribution in [3.05, 3.63) is 29.3 Å². The maximum Gasteiger partial charge on any atom is 0.239 e. The van der Waals surface area contributed by atoms with Gasteiger partial charge in [-0.05, 0) is 31.2 Å². The Hall–Kier alpha value is -1.01. The molecule has 1 amide bonds. The zero-order valence-corrected chi connectivity index (χ0v) is 13.0. The van der Waals surface area contributed by atoms with Crippen LogP contribution in [0.5, 0.6) is 5.75 Å². The van der Waals surface area contributed by atoms with Crippen molar-refractivity contribution in [3.8, 4) is 5.75 Å². The number of hydrogen-bond donors (Lipinski definition) is 2. The fraction of sp³-hybridized carbons (Fsp3) is 0.462. The maximum atomic E-state index is 11.5. The van der Waals surface area contributed by atoms with Gasteiger partial charge in [0.05, 0.1) is 13.2 Å². The van der Waals surface area contributed by atoms with Gasteiger partial charge in [-0.2, -0.15) is 0 Å². The standard InChI is InChI=1S/C13H19ClN2O3.ClH/c1-9(7-16-13(17)12(15)8-18-2)19-11-5-3-10(14)4-6-11;/h3-6,9,12H,7-8,15H2,1-2H3,(H,16,17);1H. The smallest absolute Gasteiger partial charge is 0.239 e. The number of halogens is 2. The average Bonchev–Trinajstić information content (AvgIpc) is 2.39. The molecule has 7 heteroatoms. The van der Waals surface area contributed by atoms with Crippen LogP contribution in [0.1, 0.15) is 6.92 Å². The number of methoxy groups -OCH3 is 1. The van der Waals surface area contributed by atoms with Crippen molar-refractivity contribution in [1.82, 2.24) is 5.32 Å². The van der Waals surface area contributed by atoms with E-state index < -0.39 is 6.04 Å². The maximum absolute atomic E-state index is 11.5.